The van der Waals surface area contributed by atoms with Crippen LogP contribution >= 0.6 is 0 Å². The number of carbonyl (C=O) groups is 1. The topological polar surface area (TPSA) is 96.4 Å². The fourth-order valence-corrected chi connectivity index (χ4v) is 2.89. The molecule has 1 aliphatic rings. The molecule has 2 atom stereocenters. The maximum Gasteiger partial charge on any atom is 0.573 e. The van der Waals surface area contributed by atoms with Gasteiger partial charge in [-0.15, -0.1) is 13.2 Å². The Morgan fingerprint density at radius 1 is 1.36 bits per heavy atom. The molecule has 1 aromatic heterocycles. The highest BCUT2D eigenvalue weighted by Crippen LogP contribution is 2.25. The van der Waals surface area contributed by atoms with E-state index in [-0.39, 0.29) is 18.2 Å². The minimum atomic E-state index is -4.75. The third kappa shape index (κ3) is 5.40. The highest BCUT2D eigenvalue weighted by Gasteiger charge is 2.36. The number of benzene rings is 1. The summed E-state index contributed by atoms with van der Waals surface area (Å²) in [6.45, 7) is 2.16. The molecule has 28 heavy (non-hydrogen) atoms. The molecule has 1 aromatic carbocycles. The molecule has 0 aliphatic carbocycles. The number of alkyl halides is 3. The molecule has 3 N–H and O–H groups in total. The summed E-state index contributed by atoms with van der Waals surface area (Å²) in [5.74, 6) is -0.565. The minimum Gasteiger partial charge on any atom is -0.406 e. The van der Waals surface area contributed by atoms with Gasteiger partial charge in [0.15, 0.2) is 0 Å². The summed E-state index contributed by atoms with van der Waals surface area (Å²) in [4.78, 5) is 20.4. The van der Waals surface area contributed by atoms with Crippen LogP contribution in [0.2, 0.25) is 0 Å². The van der Waals surface area contributed by atoms with Crippen molar-refractivity contribution < 1.29 is 27.8 Å². The average Bonchev–Trinajstić information content (AvgIpc) is 2.99. The van der Waals surface area contributed by atoms with Crippen molar-refractivity contribution in [3.63, 3.8) is 0 Å². The molecule has 0 saturated carbocycles. The van der Waals surface area contributed by atoms with Crippen LogP contribution < -0.4 is 15.4 Å². The van der Waals surface area contributed by atoms with E-state index < -0.39 is 18.0 Å². The summed E-state index contributed by atoms with van der Waals surface area (Å²) in [5, 5.41) is 15.6. The lowest BCUT2D eigenvalue weighted by molar-refractivity contribution is -0.274. The normalized spacial score (nSPS) is 22.1. The summed E-state index contributed by atoms with van der Waals surface area (Å²) >= 11 is 0. The summed E-state index contributed by atoms with van der Waals surface area (Å²) in [7, 11) is 0. The number of carbonyl (C=O) groups excluding carboxylic acids is 1. The predicted molar refractivity (Wildman–Crippen MR) is 93.0 cm³/mol. The average molecular weight is 396 g/mol. The molecule has 0 bridgehead atoms. The molecule has 0 spiro atoms. The Balaban J connectivity index is 1.62. The van der Waals surface area contributed by atoms with Gasteiger partial charge in [0.1, 0.15) is 12.1 Å². The maximum atomic E-state index is 12.2. The maximum absolute atomic E-state index is 12.2. The molecule has 2 unspecified atom stereocenters. The zero-order chi connectivity index (χ0) is 20.4. The molecule has 1 amide bonds. The van der Waals surface area contributed by atoms with Gasteiger partial charge in [-0.05, 0) is 37.3 Å². The Kier molecular flexibility index (Phi) is 5.52. The van der Waals surface area contributed by atoms with Crippen LogP contribution in [-0.4, -0.2) is 45.5 Å². The zero-order valence-electron chi connectivity index (χ0n) is 15.0. The molecule has 7 nitrogen and oxygen atoms in total. The van der Waals surface area contributed by atoms with E-state index in [0.29, 0.717) is 29.9 Å². The number of ether oxygens (including phenoxy) is 1. The fourth-order valence-electron chi connectivity index (χ4n) is 2.89. The van der Waals surface area contributed by atoms with Crippen molar-refractivity contribution in [1.29, 1.82) is 0 Å². The van der Waals surface area contributed by atoms with E-state index in [1.54, 1.807) is 13.0 Å². The number of nitrogens with zero attached hydrogens (tertiary/aromatic N) is 2. The number of aliphatic hydroxyl groups is 1. The number of hydrogen-bond acceptors (Lipinski definition) is 6. The first-order valence-electron chi connectivity index (χ1n) is 8.52. The Morgan fingerprint density at radius 2 is 2.07 bits per heavy atom. The molecule has 150 valence electrons. The Bertz CT molecular complexity index is 841. The molecular formula is C18H19F3N4O3. The lowest BCUT2D eigenvalue weighted by Crippen LogP contribution is -2.40. The van der Waals surface area contributed by atoms with Gasteiger partial charge in [-0.1, -0.05) is 0 Å². The lowest BCUT2D eigenvalue weighted by Gasteiger charge is -2.14. The fraction of sp³-hybridized carbons (Fsp3) is 0.389. The summed E-state index contributed by atoms with van der Waals surface area (Å²) < 4.78 is 40.5. The largest absolute Gasteiger partial charge is 0.573 e. The summed E-state index contributed by atoms with van der Waals surface area (Å²) in [5.41, 5.74) is 0.711. The van der Waals surface area contributed by atoms with E-state index >= 15 is 0 Å². The van der Waals surface area contributed by atoms with Crippen LogP contribution in [0.15, 0.2) is 36.7 Å². The Morgan fingerprint density at radius 3 is 2.68 bits per heavy atom. The van der Waals surface area contributed by atoms with Gasteiger partial charge in [0.2, 0.25) is 5.91 Å². The van der Waals surface area contributed by atoms with Gasteiger partial charge in [-0.25, -0.2) is 9.97 Å². The van der Waals surface area contributed by atoms with E-state index in [0.717, 1.165) is 0 Å². The summed E-state index contributed by atoms with van der Waals surface area (Å²) in [6, 6.07) is 6.47. The number of β-amino-alcohol motifs (C(OH)–C–C–N with tert-alkyl or cyclic N) is 1. The first kappa shape index (κ1) is 20.0. The number of aromatic nitrogens is 2. The van der Waals surface area contributed by atoms with Crippen molar-refractivity contribution in [3.05, 3.63) is 42.4 Å². The highest BCUT2D eigenvalue weighted by atomic mass is 19.4. The van der Waals surface area contributed by atoms with Gasteiger partial charge in [-0.3, -0.25) is 4.79 Å². The molecule has 10 heteroatoms. The standard InChI is InChI=1S/C18H19F3N4O3/c1-17(27)7-15(23-9-17)16(26)22-8-12-6-14(25-10-24-12)11-2-4-13(5-3-11)28-18(19,20)21/h2-6,10,15,23,27H,7-9H2,1H3,(H,22,26). The molecule has 1 aliphatic heterocycles. The van der Waals surface area contributed by atoms with Crippen LogP contribution in [0, 0.1) is 0 Å². The van der Waals surface area contributed by atoms with E-state index in [1.165, 1.54) is 30.6 Å². The van der Waals surface area contributed by atoms with E-state index in [2.05, 4.69) is 25.3 Å². The summed E-state index contributed by atoms with van der Waals surface area (Å²) in [6.07, 6.45) is -3.11. The van der Waals surface area contributed by atoms with Crippen molar-refractivity contribution in [1.82, 2.24) is 20.6 Å². The van der Waals surface area contributed by atoms with Crippen LogP contribution in [0.1, 0.15) is 19.0 Å². The third-order valence-electron chi connectivity index (χ3n) is 4.24. The van der Waals surface area contributed by atoms with Crippen molar-refractivity contribution in [3.8, 4) is 17.0 Å². The van der Waals surface area contributed by atoms with Gasteiger partial charge >= 0.3 is 6.36 Å². The second-order valence-corrected chi connectivity index (χ2v) is 6.82. The SMILES string of the molecule is CC1(O)CNC(C(=O)NCc2cc(-c3ccc(OC(F)(F)F)cc3)ncn2)C1. The number of nitrogens with one attached hydrogen (secondary N) is 2. The van der Waals surface area contributed by atoms with E-state index in [9.17, 15) is 23.1 Å². The lowest BCUT2D eigenvalue weighted by atomic mass is 10.0. The molecule has 1 fully saturated rings. The minimum absolute atomic E-state index is 0.157. The van der Waals surface area contributed by atoms with Crippen LogP contribution in [-0.2, 0) is 11.3 Å². The van der Waals surface area contributed by atoms with Gasteiger partial charge < -0.3 is 20.5 Å². The van der Waals surface area contributed by atoms with Crippen LogP contribution in [0.25, 0.3) is 11.3 Å². The van der Waals surface area contributed by atoms with Gasteiger partial charge in [0.05, 0.1) is 29.6 Å². The smallest absolute Gasteiger partial charge is 0.406 e. The van der Waals surface area contributed by atoms with Crippen LogP contribution in [0.4, 0.5) is 13.2 Å². The van der Waals surface area contributed by atoms with Gasteiger partial charge in [0, 0.05) is 18.5 Å². The molecule has 2 aromatic rings. The number of rotatable bonds is 5. The zero-order valence-corrected chi connectivity index (χ0v) is 15.0. The van der Waals surface area contributed by atoms with Crippen molar-refractivity contribution in [2.45, 2.75) is 37.9 Å². The first-order valence-corrected chi connectivity index (χ1v) is 8.52. The van der Waals surface area contributed by atoms with Crippen LogP contribution in [0.5, 0.6) is 5.75 Å². The van der Waals surface area contributed by atoms with Crippen LogP contribution in [0.3, 0.4) is 0 Å². The quantitative estimate of drug-likeness (QED) is 0.713. The van der Waals surface area contributed by atoms with Crippen molar-refractivity contribution >= 4 is 5.91 Å². The number of amides is 1. The second-order valence-electron chi connectivity index (χ2n) is 6.82. The van der Waals surface area contributed by atoms with Crippen molar-refractivity contribution in [2.24, 2.45) is 0 Å². The second kappa shape index (κ2) is 7.72. The highest BCUT2D eigenvalue weighted by molar-refractivity contribution is 5.82. The monoisotopic (exact) mass is 396 g/mol. The molecule has 0 radical (unpaired) electrons. The Labute approximate surface area is 159 Å². The van der Waals surface area contributed by atoms with Gasteiger partial charge in [0.25, 0.3) is 0 Å². The number of hydrogen-bond donors (Lipinski definition) is 3. The molecule has 2 heterocycles. The first-order chi connectivity index (χ1) is 13.1. The third-order valence-corrected chi connectivity index (χ3v) is 4.24. The predicted octanol–water partition coefficient (Wildman–Crippen LogP) is 1.77. The van der Waals surface area contributed by atoms with Crippen molar-refractivity contribution in [2.75, 3.05) is 6.54 Å². The van der Waals surface area contributed by atoms with Gasteiger partial charge in [-0.2, -0.15) is 0 Å². The number of halogens is 3. The Hall–Kier alpha value is -2.72. The molecular weight excluding hydrogens is 377 g/mol. The molecule has 1 saturated heterocycles. The van der Waals surface area contributed by atoms with E-state index in [1.807, 2.05) is 0 Å². The van der Waals surface area contributed by atoms with E-state index in [4.69, 9.17) is 0 Å². The molecule has 3 rings (SSSR count).